The van der Waals surface area contributed by atoms with Crippen molar-refractivity contribution in [3.05, 3.63) is 78.4 Å². The fraction of sp³-hybridized carbons (Fsp3) is 0.190. The molecule has 1 saturated heterocycles. The fourth-order valence-corrected chi connectivity index (χ4v) is 3.97. The van der Waals surface area contributed by atoms with Crippen LogP contribution in [-0.2, 0) is 11.8 Å². The Labute approximate surface area is 169 Å². The summed E-state index contributed by atoms with van der Waals surface area (Å²) < 4.78 is 2.11. The molecule has 2 aromatic heterocycles. The van der Waals surface area contributed by atoms with Gasteiger partial charge >= 0.3 is 0 Å². The summed E-state index contributed by atoms with van der Waals surface area (Å²) >= 11 is 5.70. The average molecular weight is 392 g/mol. The Balaban J connectivity index is 1.75. The van der Waals surface area contributed by atoms with Gasteiger partial charge in [0.1, 0.15) is 6.04 Å². The first-order valence-corrected chi connectivity index (χ1v) is 9.45. The lowest BCUT2D eigenvalue weighted by Gasteiger charge is -2.28. The van der Waals surface area contributed by atoms with Gasteiger partial charge in [-0.15, -0.1) is 0 Å². The minimum atomic E-state index is -0.0944. The van der Waals surface area contributed by atoms with Gasteiger partial charge in [0.05, 0.1) is 11.7 Å². The van der Waals surface area contributed by atoms with Crippen molar-refractivity contribution in [2.24, 2.45) is 7.05 Å². The number of hydrogen-bond donors (Lipinski definition) is 2. The molecule has 3 aromatic rings. The molecule has 1 aliphatic rings. The van der Waals surface area contributed by atoms with Crippen LogP contribution < -0.4 is 15.5 Å². The first-order chi connectivity index (χ1) is 13.5. The lowest BCUT2D eigenvalue weighted by molar-refractivity contribution is -0.114. The number of amides is 1. The fourth-order valence-electron chi connectivity index (χ4n) is 3.62. The molecule has 7 heteroatoms. The van der Waals surface area contributed by atoms with Gasteiger partial charge in [0, 0.05) is 43.4 Å². The number of benzene rings is 1. The Kier molecular flexibility index (Phi) is 4.83. The zero-order valence-corrected chi connectivity index (χ0v) is 16.5. The molecule has 0 spiro atoms. The maximum atomic E-state index is 11.3. The molecular formula is C21H21N5OS. The van der Waals surface area contributed by atoms with E-state index < -0.39 is 0 Å². The molecule has 0 unspecified atom stereocenters. The molecule has 142 valence electrons. The highest BCUT2D eigenvalue weighted by Crippen LogP contribution is 2.41. The summed E-state index contributed by atoms with van der Waals surface area (Å²) in [5.74, 6) is -0.0944. The van der Waals surface area contributed by atoms with Crippen LogP contribution in [0.2, 0.25) is 0 Å². The van der Waals surface area contributed by atoms with E-state index in [9.17, 15) is 4.79 Å². The van der Waals surface area contributed by atoms with E-state index in [-0.39, 0.29) is 18.0 Å². The second-order valence-corrected chi connectivity index (χ2v) is 7.16. The smallest absolute Gasteiger partial charge is 0.221 e. The number of rotatable bonds is 4. The van der Waals surface area contributed by atoms with Gasteiger partial charge in [0.25, 0.3) is 0 Å². The normalized spacial score (nSPS) is 18.8. The third-order valence-electron chi connectivity index (χ3n) is 4.85. The highest BCUT2D eigenvalue weighted by Gasteiger charge is 2.41. The van der Waals surface area contributed by atoms with Gasteiger partial charge in [-0.3, -0.25) is 9.78 Å². The van der Waals surface area contributed by atoms with Gasteiger partial charge in [-0.05, 0) is 60.7 Å². The van der Waals surface area contributed by atoms with Crippen molar-refractivity contribution in [1.29, 1.82) is 0 Å². The third kappa shape index (κ3) is 3.36. The van der Waals surface area contributed by atoms with Gasteiger partial charge in [-0.1, -0.05) is 6.07 Å². The zero-order valence-electron chi connectivity index (χ0n) is 15.7. The Morgan fingerprint density at radius 2 is 1.93 bits per heavy atom. The molecule has 0 saturated carbocycles. The molecule has 28 heavy (non-hydrogen) atoms. The van der Waals surface area contributed by atoms with Gasteiger partial charge in [-0.25, -0.2) is 0 Å². The van der Waals surface area contributed by atoms with Crippen LogP contribution in [0.3, 0.4) is 0 Å². The molecule has 0 aliphatic carbocycles. The number of hydrogen-bond acceptors (Lipinski definition) is 3. The molecule has 4 rings (SSSR count). The van der Waals surface area contributed by atoms with E-state index in [1.165, 1.54) is 6.92 Å². The summed E-state index contributed by atoms with van der Waals surface area (Å²) in [5, 5.41) is 6.89. The van der Waals surface area contributed by atoms with Crippen LogP contribution in [0, 0.1) is 0 Å². The van der Waals surface area contributed by atoms with E-state index in [1.54, 1.807) is 6.20 Å². The van der Waals surface area contributed by atoms with Gasteiger partial charge < -0.3 is 20.1 Å². The average Bonchev–Trinajstić information content (AvgIpc) is 3.25. The minimum absolute atomic E-state index is 0.0472. The summed E-state index contributed by atoms with van der Waals surface area (Å²) in [6.07, 6.45) is 3.83. The Hall–Kier alpha value is -3.19. The van der Waals surface area contributed by atoms with Gasteiger partial charge in [0.15, 0.2) is 5.11 Å². The molecule has 0 bridgehead atoms. The Morgan fingerprint density at radius 3 is 2.54 bits per heavy atom. The second kappa shape index (κ2) is 7.44. The van der Waals surface area contributed by atoms with Crippen molar-refractivity contribution in [3.8, 4) is 0 Å². The Morgan fingerprint density at radius 1 is 1.14 bits per heavy atom. The van der Waals surface area contributed by atoms with E-state index in [2.05, 4.69) is 31.2 Å². The van der Waals surface area contributed by atoms with Crippen molar-refractivity contribution >= 4 is 34.6 Å². The molecule has 0 radical (unpaired) electrons. The molecule has 1 amide bonds. The number of anilines is 2. The molecule has 1 fully saturated rings. The van der Waals surface area contributed by atoms with Crippen LogP contribution >= 0.6 is 12.2 Å². The van der Waals surface area contributed by atoms with Gasteiger partial charge in [-0.2, -0.15) is 0 Å². The van der Waals surface area contributed by atoms with Crippen LogP contribution in [0.25, 0.3) is 0 Å². The van der Waals surface area contributed by atoms with Crippen molar-refractivity contribution in [2.75, 3.05) is 10.2 Å². The lowest BCUT2D eigenvalue weighted by Crippen LogP contribution is -2.30. The van der Waals surface area contributed by atoms with E-state index in [1.807, 2.05) is 61.8 Å². The largest absolute Gasteiger partial charge is 0.353 e. The maximum Gasteiger partial charge on any atom is 0.221 e. The number of carbonyl (C=O) groups is 1. The van der Waals surface area contributed by atoms with E-state index in [0.717, 1.165) is 22.8 Å². The van der Waals surface area contributed by atoms with Crippen molar-refractivity contribution in [1.82, 2.24) is 14.9 Å². The molecule has 1 aromatic carbocycles. The predicted octanol–water partition coefficient (Wildman–Crippen LogP) is 3.56. The summed E-state index contributed by atoms with van der Waals surface area (Å²) in [7, 11) is 2.03. The molecule has 2 atom stereocenters. The van der Waals surface area contributed by atoms with Crippen molar-refractivity contribution in [3.63, 3.8) is 0 Å². The quantitative estimate of drug-likeness (QED) is 0.666. The Bertz CT molecular complexity index is 999. The van der Waals surface area contributed by atoms with Crippen LogP contribution in [0.15, 0.2) is 67.0 Å². The SMILES string of the molecule is CC(=O)Nc1ccc(N2C(=S)N[C@H](c3ccccn3)[C@@H]2c2cccn2C)cc1. The van der Waals surface area contributed by atoms with Crippen LogP contribution in [0.1, 0.15) is 30.4 Å². The van der Waals surface area contributed by atoms with Crippen LogP contribution in [0.5, 0.6) is 0 Å². The topological polar surface area (TPSA) is 62.2 Å². The van der Waals surface area contributed by atoms with Crippen LogP contribution in [-0.4, -0.2) is 20.6 Å². The molecule has 6 nitrogen and oxygen atoms in total. The number of thiocarbonyl (C=S) groups is 1. The lowest BCUT2D eigenvalue weighted by atomic mass is 10.0. The van der Waals surface area contributed by atoms with E-state index >= 15 is 0 Å². The van der Waals surface area contributed by atoms with Gasteiger partial charge in [0.2, 0.25) is 5.91 Å². The molecule has 2 N–H and O–H groups in total. The second-order valence-electron chi connectivity index (χ2n) is 6.77. The maximum absolute atomic E-state index is 11.3. The third-order valence-corrected chi connectivity index (χ3v) is 5.17. The first-order valence-electron chi connectivity index (χ1n) is 9.04. The highest BCUT2D eigenvalue weighted by atomic mass is 32.1. The number of nitrogens with one attached hydrogen (secondary N) is 2. The zero-order chi connectivity index (χ0) is 19.7. The number of aromatic nitrogens is 2. The summed E-state index contributed by atoms with van der Waals surface area (Å²) in [4.78, 5) is 18.0. The number of nitrogens with zero attached hydrogens (tertiary/aromatic N) is 3. The van der Waals surface area contributed by atoms with Crippen molar-refractivity contribution in [2.45, 2.75) is 19.0 Å². The monoisotopic (exact) mass is 391 g/mol. The molecule has 1 aliphatic heterocycles. The first kappa shape index (κ1) is 18.2. The number of pyridine rings is 1. The minimum Gasteiger partial charge on any atom is -0.353 e. The standard InChI is InChI=1S/C21H21N5OS/c1-14(27)23-15-8-10-16(11-9-15)26-20(18-7-5-13-25(18)2)19(24-21(26)28)17-6-3-4-12-22-17/h3-13,19-20H,1-2H3,(H,23,27)(H,24,28)/t19-,20+/m1/s1. The number of carbonyl (C=O) groups excluding carboxylic acids is 1. The van der Waals surface area contributed by atoms with E-state index in [0.29, 0.717) is 5.11 Å². The molecular weight excluding hydrogens is 370 g/mol. The molecule has 3 heterocycles. The summed E-state index contributed by atoms with van der Waals surface area (Å²) in [6, 6.07) is 17.6. The summed E-state index contributed by atoms with van der Waals surface area (Å²) in [6.45, 7) is 1.50. The highest BCUT2D eigenvalue weighted by molar-refractivity contribution is 7.80. The van der Waals surface area contributed by atoms with Crippen molar-refractivity contribution < 1.29 is 4.79 Å². The predicted molar refractivity (Wildman–Crippen MR) is 114 cm³/mol. The van der Waals surface area contributed by atoms with E-state index in [4.69, 9.17) is 12.2 Å². The number of aryl methyl sites for hydroxylation is 1. The summed E-state index contributed by atoms with van der Waals surface area (Å²) in [5.41, 5.74) is 3.78. The van der Waals surface area contributed by atoms with Crippen LogP contribution in [0.4, 0.5) is 11.4 Å².